The second kappa shape index (κ2) is 8.44. The predicted molar refractivity (Wildman–Crippen MR) is 106 cm³/mol. The van der Waals surface area contributed by atoms with Gasteiger partial charge in [-0.05, 0) is 18.6 Å². The van der Waals surface area contributed by atoms with E-state index in [0.717, 1.165) is 13.1 Å². The van der Waals surface area contributed by atoms with Crippen LogP contribution in [0.3, 0.4) is 0 Å². The topological polar surface area (TPSA) is 92.7 Å². The summed E-state index contributed by atoms with van der Waals surface area (Å²) in [5.74, 6) is -4.29. The Balaban J connectivity index is 2.09. The van der Waals surface area contributed by atoms with Crippen LogP contribution in [-0.2, 0) is 17.1 Å². The molecule has 156 valence electrons. The number of pyridine rings is 2. The van der Waals surface area contributed by atoms with Crippen molar-refractivity contribution in [2.75, 3.05) is 10.6 Å². The van der Waals surface area contributed by atoms with Gasteiger partial charge in [-0.25, -0.2) is 19.3 Å². The Kier molecular flexibility index (Phi) is 5.95. The van der Waals surface area contributed by atoms with Crippen molar-refractivity contribution in [3.63, 3.8) is 0 Å². The van der Waals surface area contributed by atoms with Crippen LogP contribution >= 0.6 is 0 Å². The summed E-state index contributed by atoms with van der Waals surface area (Å²) in [6.07, 6.45) is 2.92. The molecule has 0 fully saturated rings. The maximum Gasteiger partial charge on any atom is 0.303 e. The summed E-state index contributed by atoms with van der Waals surface area (Å²) < 4.78 is 40.9. The minimum absolute atomic E-state index is 0.140. The number of halogens is 3. The predicted octanol–water partition coefficient (Wildman–Crippen LogP) is 4.45. The molecule has 0 aliphatic heterocycles. The smallest absolute Gasteiger partial charge is 0.303 e. The lowest BCUT2D eigenvalue weighted by atomic mass is 10.1. The van der Waals surface area contributed by atoms with Crippen LogP contribution in [0.15, 0.2) is 36.7 Å². The number of aromatic nitrogens is 4. The highest BCUT2D eigenvalue weighted by Crippen LogP contribution is 2.31. The highest BCUT2D eigenvalue weighted by Gasteiger charge is 2.29. The molecule has 3 aromatic heterocycles. The molecule has 0 saturated carbocycles. The van der Waals surface area contributed by atoms with Crippen molar-refractivity contribution in [3.8, 4) is 11.3 Å². The number of hydrogen-bond acceptors (Lipinski definition) is 6. The van der Waals surface area contributed by atoms with Crippen molar-refractivity contribution >= 4 is 23.2 Å². The Morgan fingerprint density at radius 3 is 2.47 bits per heavy atom. The molecule has 3 aromatic rings. The Bertz CT molecular complexity index is 1070. The second-order valence-electron chi connectivity index (χ2n) is 6.59. The minimum atomic E-state index is -3.22. The van der Waals surface area contributed by atoms with Gasteiger partial charge in [0.15, 0.2) is 0 Å². The lowest BCUT2D eigenvalue weighted by molar-refractivity contribution is -0.114. The average Bonchev–Trinajstić information content (AvgIpc) is 2.67. The molecule has 1 amide bonds. The molecule has 3 heterocycles. The molecule has 0 unspecified atom stereocenters. The maximum atomic E-state index is 13.8. The van der Waals surface area contributed by atoms with E-state index >= 15 is 0 Å². The summed E-state index contributed by atoms with van der Waals surface area (Å²) in [5, 5.41) is 5.53. The van der Waals surface area contributed by atoms with E-state index in [1.165, 1.54) is 31.3 Å². The molecule has 0 aromatic carbocycles. The summed E-state index contributed by atoms with van der Waals surface area (Å²) in [7, 11) is 0. The minimum Gasteiger partial charge on any atom is -0.339 e. The van der Waals surface area contributed by atoms with Crippen LogP contribution in [0.25, 0.3) is 11.3 Å². The molecule has 10 heteroatoms. The van der Waals surface area contributed by atoms with Gasteiger partial charge in [-0.2, -0.15) is 8.78 Å². The largest absolute Gasteiger partial charge is 0.339 e. The third-order valence-corrected chi connectivity index (χ3v) is 4.01. The number of nitrogens with one attached hydrogen (secondary N) is 2. The first kappa shape index (κ1) is 21.2. The van der Waals surface area contributed by atoms with E-state index < -0.39 is 17.6 Å². The maximum absolute atomic E-state index is 13.8. The molecule has 0 bridgehead atoms. The van der Waals surface area contributed by atoms with E-state index in [4.69, 9.17) is 0 Å². The van der Waals surface area contributed by atoms with E-state index in [-0.39, 0.29) is 17.5 Å². The van der Waals surface area contributed by atoms with Gasteiger partial charge in [0.25, 0.3) is 0 Å². The van der Waals surface area contributed by atoms with Crippen molar-refractivity contribution in [3.05, 3.63) is 54.0 Å². The van der Waals surface area contributed by atoms with Gasteiger partial charge in [-0.1, -0.05) is 6.92 Å². The van der Waals surface area contributed by atoms with Crippen LogP contribution in [-0.4, -0.2) is 25.8 Å². The molecule has 0 aliphatic rings. The van der Waals surface area contributed by atoms with Gasteiger partial charge in [0.1, 0.15) is 17.5 Å². The van der Waals surface area contributed by atoms with Crippen LogP contribution in [0, 0.1) is 5.82 Å². The van der Waals surface area contributed by atoms with E-state index in [0.29, 0.717) is 29.1 Å². The van der Waals surface area contributed by atoms with Crippen molar-refractivity contribution in [1.82, 2.24) is 19.9 Å². The van der Waals surface area contributed by atoms with Crippen LogP contribution in [0.5, 0.6) is 0 Å². The molecule has 7 nitrogen and oxygen atoms in total. The Morgan fingerprint density at radius 1 is 1.10 bits per heavy atom. The van der Waals surface area contributed by atoms with Gasteiger partial charge in [-0.15, -0.1) is 0 Å². The van der Waals surface area contributed by atoms with Gasteiger partial charge in [-0.3, -0.25) is 9.78 Å². The summed E-state index contributed by atoms with van der Waals surface area (Å²) in [6, 6.07) is 5.76. The van der Waals surface area contributed by atoms with Crippen molar-refractivity contribution in [1.29, 1.82) is 0 Å². The summed E-state index contributed by atoms with van der Waals surface area (Å²) in [4.78, 5) is 27.4. The Morgan fingerprint density at radius 2 is 1.87 bits per heavy atom. The molecule has 0 saturated heterocycles. The van der Waals surface area contributed by atoms with Gasteiger partial charge >= 0.3 is 5.92 Å². The highest BCUT2D eigenvalue weighted by molar-refractivity contribution is 5.89. The fourth-order valence-corrected chi connectivity index (χ4v) is 2.62. The second-order valence-corrected chi connectivity index (χ2v) is 6.59. The molecular weight excluding hydrogens is 397 g/mol. The van der Waals surface area contributed by atoms with E-state index in [1.54, 1.807) is 13.0 Å². The first-order chi connectivity index (χ1) is 14.2. The quantitative estimate of drug-likeness (QED) is 0.617. The molecular formula is C20H19F3N6O. The molecule has 30 heavy (non-hydrogen) atoms. The zero-order valence-corrected chi connectivity index (χ0v) is 16.5. The Hall–Kier alpha value is -3.56. The van der Waals surface area contributed by atoms with Crippen molar-refractivity contribution in [2.24, 2.45) is 0 Å². The van der Waals surface area contributed by atoms with Crippen molar-refractivity contribution in [2.45, 2.75) is 33.1 Å². The summed E-state index contributed by atoms with van der Waals surface area (Å²) in [5.41, 5.74) is 1.68. The third-order valence-electron chi connectivity index (χ3n) is 4.01. The number of rotatable bonds is 6. The number of carbonyl (C=O) groups excluding carboxylic acids is 1. The molecule has 0 spiro atoms. The number of hydrogen-bond donors (Lipinski definition) is 2. The average molecular weight is 416 g/mol. The molecule has 0 atom stereocenters. The lowest BCUT2D eigenvalue weighted by Gasteiger charge is -2.16. The summed E-state index contributed by atoms with van der Waals surface area (Å²) >= 11 is 0. The number of aryl methyl sites for hydroxylation is 1. The van der Waals surface area contributed by atoms with Crippen LogP contribution < -0.4 is 10.6 Å². The number of nitrogens with zero attached hydrogens (tertiary/aromatic N) is 4. The molecule has 0 radical (unpaired) electrons. The van der Waals surface area contributed by atoms with Crippen molar-refractivity contribution < 1.29 is 18.0 Å². The van der Waals surface area contributed by atoms with Gasteiger partial charge in [0.05, 0.1) is 17.6 Å². The number of alkyl halides is 2. The SMILES string of the molecule is CCc1cc(Nc2cc(NC(C)=O)ncc2-c2ccc(F)cn2)nc(C(C)(F)F)n1. The zero-order chi connectivity index (χ0) is 21.9. The number of amides is 1. The zero-order valence-electron chi connectivity index (χ0n) is 16.5. The number of carbonyl (C=O) groups is 1. The first-order valence-electron chi connectivity index (χ1n) is 9.08. The van der Waals surface area contributed by atoms with Gasteiger partial charge < -0.3 is 10.6 Å². The third kappa shape index (κ3) is 5.07. The van der Waals surface area contributed by atoms with Crippen LogP contribution in [0.1, 0.15) is 32.3 Å². The standard InChI is InChI=1S/C20H19F3N6O/c1-4-13-7-18(29-19(27-13)20(3,22)23)28-16-8-17(26-11(2)30)25-10-14(16)15-6-5-12(21)9-24-15/h5-10H,4H2,1-3H3,(H2,25,26,27,28,29,30). The molecule has 0 aliphatic carbocycles. The molecule has 3 rings (SSSR count). The van der Waals surface area contributed by atoms with Gasteiger partial charge in [0.2, 0.25) is 11.7 Å². The fourth-order valence-electron chi connectivity index (χ4n) is 2.62. The first-order valence-corrected chi connectivity index (χ1v) is 9.08. The van der Waals surface area contributed by atoms with Crippen LogP contribution in [0.4, 0.5) is 30.5 Å². The van der Waals surface area contributed by atoms with E-state index in [9.17, 15) is 18.0 Å². The molecule has 2 N–H and O–H groups in total. The highest BCUT2D eigenvalue weighted by atomic mass is 19.3. The lowest BCUT2D eigenvalue weighted by Crippen LogP contribution is -2.15. The fraction of sp³-hybridized carbons (Fsp3) is 0.250. The normalized spacial score (nSPS) is 11.3. The van der Waals surface area contributed by atoms with Gasteiger partial charge in [0, 0.05) is 43.4 Å². The number of anilines is 3. The summed E-state index contributed by atoms with van der Waals surface area (Å²) in [6.45, 7) is 3.84. The monoisotopic (exact) mass is 416 g/mol. The van der Waals surface area contributed by atoms with E-state index in [2.05, 4.69) is 30.6 Å². The van der Waals surface area contributed by atoms with Crippen LogP contribution in [0.2, 0.25) is 0 Å². The van der Waals surface area contributed by atoms with E-state index in [1.807, 2.05) is 0 Å². The Labute approximate surface area is 170 Å².